The predicted molar refractivity (Wildman–Crippen MR) is 93.6 cm³/mol. The van der Waals surface area contributed by atoms with Crippen LogP contribution >= 0.6 is 12.4 Å². The van der Waals surface area contributed by atoms with Crippen molar-refractivity contribution in [3.63, 3.8) is 0 Å². The summed E-state index contributed by atoms with van der Waals surface area (Å²) in [6, 6.07) is 9.82. The maximum atomic E-state index is 12.5. The van der Waals surface area contributed by atoms with Crippen LogP contribution in [0.3, 0.4) is 0 Å². The number of rotatable bonds is 5. The minimum Gasteiger partial charge on any atom is -0.329 e. The van der Waals surface area contributed by atoms with E-state index in [0.29, 0.717) is 6.54 Å². The molecule has 0 radical (unpaired) electrons. The summed E-state index contributed by atoms with van der Waals surface area (Å²) in [5, 5.41) is 7.21. The lowest BCUT2D eigenvalue weighted by Crippen LogP contribution is -2.40. The lowest BCUT2D eigenvalue weighted by molar-refractivity contribution is -0.124. The molecule has 1 saturated carbocycles. The van der Waals surface area contributed by atoms with Crippen LogP contribution in [0.2, 0.25) is 0 Å². The van der Waals surface area contributed by atoms with E-state index in [4.69, 9.17) is 5.73 Å². The molecule has 5 nitrogen and oxygen atoms in total. The smallest absolute Gasteiger partial charge is 0.231 e. The molecule has 6 heteroatoms. The molecule has 23 heavy (non-hydrogen) atoms. The van der Waals surface area contributed by atoms with Gasteiger partial charge < -0.3 is 11.1 Å². The summed E-state index contributed by atoms with van der Waals surface area (Å²) in [7, 11) is 0. The average molecular weight is 335 g/mol. The lowest BCUT2D eigenvalue weighted by atomic mass is 9.85. The number of nitrogens with zero attached hydrogens (tertiary/aromatic N) is 2. The third-order valence-electron chi connectivity index (χ3n) is 4.55. The molecule has 1 heterocycles. The van der Waals surface area contributed by atoms with Crippen molar-refractivity contribution in [2.45, 2.75) is 32.2 Å². The molecular formula is C17H23ClN4O. The summed E-state index contributed by atoms with van der Waals surface area (Å²) in [6.45, 7) is 1.16. The van der Waals surface area contributed by atoms with E-state index in [0.717, 1.165) is 43.5 Å². The number of hydrogen-bond acceptors (Lipinski definition) is 3. The Hall–Kier alpha value is -1.85. The first kappa shape index (κ1) is 17.5. The zero-order chi connectivity index (χ0) is 15.4. The van der Waals surface area contributed by atoms with Crippen molar-refractivity contribution in [1.82, 2.24) is 9.78 Å². The van der Waals surface area contributed by atoms with E-state index in [1.54, 1.807) is 6.20 Å². The van der Waals surface area contributed by atoms with Crippen LogP contribution in [-0.4, -0.2) is 22.2 Å². The number of nitrogens with one attached hydrogen (secondary N) is 1. The fraction of sp³-hybridized carbons (Fsp3) is 0.412. The van der Waals surface area contributed by atoms with Crippen molar-refractivity contribution in [2.24, 2.45) is 11.1 Å². The molecule has 1 aromatic heterocycles. The maximum absolute atomic E-state index is 12.5. The molecule has 1 aliphatic rings. The van der Waals surface area contributed by atoms with Gasteiger partial charge in [-0.3, -0.25) is 9.48 Å². The van der Waals surface area contributed by atoms with Gasteiger partial charge in [0, 0.05) is 24.6 Å². The Morgan fingerprint density at radius 1 is 1.26 bits per heavy atom. The van der Waals surface area contributed by atoms with E-state index in [-0.39, 0.29) is 23.7 Å². The standard InChI is InChI=1S/C17H22N4O.ClH/c18-13-17(8-1-2-9-17)16(22)20-15-6-4-14(5-7-15)12-21-11-3-10-19-21;/h3-7,10-11H,1-2,8-9,12-13,18H2,(H,20,22);1H. The molecule has 3 N–H and O–H groups in total. The zero-order valence-electron chi connectivity index (χ0n) is 13.1. The summed E-state index contributed by atoms with van der Waals surface area (Å²) in [4.78, 5) is 12.5. The number of hydrogen-bond donors (Lipinski definition) is 2. The summed E-state index contributed by atoms with van der Waals surface area (Å²) < 4.78 is 1.87. The van der Waals surface area contributed by atoms with Crippen LogP contribution in [0.25, 0.3) is 0 Å². The fourth-order valence-corrected chi connectivity index (χ4v) is 3.11. The minimum atomic E-state index is -0.367. The largest absolute Gasteiger partial charge is 0.329 e. The summed E-state index contributed by atoms with van der Waals surface area (Å²) >= 11 is 0. The first-order valence-electron chi connectivity index (χ1n) is 7.80. The Morgan fingerprint density at radius 3 is 2.52 bits per heavy atom. The highest BCUT2D eigenvalue weighted by Crippen LogP contribution is 2.38. The molecule has 1 fully saturated rings. The van der Waals surface area contributed by atoms with Gasteiger partial charge in [-0.05, 0) is 36.6 Å². The minimum absolute atomic E-state index is 0. The van der Waals surface area contributed by atoms with Gasteiger partial charge in [0.05, 0.1) is 12.0 Å². The van der Waals surface area contributed by atoms with Crippen molar-refractivity contribution in [2.75, 3.05) is 11.9 Å². The number of carbonyl (C=O) groups excluding carboxylic acids is 1. The Balaban J connectivity index is 0.00000192. The molecule has 2 aromatic rings. The number of aromatic nitrogens is 2. The van der Waals surface area contributed by atoms with Crippen LogP contribution in [0, 0.1) is 5.41 Å². The Bertz CT molecular complexity index is 619. The zero-order valence-corrected chi connectivity index (χ0v) is 13.9. The third-order valence-corrected chi connectivity index (χ3v) is 4.55. The second kappa shape index (κ2) is 7.62. The number of amides is 1. The van der Waals surface area contributed by atoms with Gasteiger partial charge in [0.1, 0.15) is 0 Å². The Labute approximate surface area is 142 Å². The number of nitrogens with two attached hydrogens (primary N) is 1. The van der Waals surface area contributed by atoms with Crippen molar-refractivity contribution in [3.8, 4) is 0 Å². The van der Waals surface area contributed by atoms with Crippen LogP contribution in [0.4, 0.5) is 5.69 Å². The highest BCUT2D eigenvalue weighted by atomic mass is 35.5. The highest BCUT2D eigenvalue weighted by Gasteiger charge is 2.39. The molecule has 0 atom stereocenters. The van der Waals surface area contributed by atoms with Gasteiger partial charge in [-0.1, -0.05) is 25.0 Å². The number of halogens is 1. The van der Waals surface area contributed by atoms with Gasteiger partial charge in [0.15, 0.2) is 0 Å². The molecule has 0 saturated heterocycles. The molecule has 0 unspecified atom stereocenters. The van der Waals surface area contributed by atoms with Crippen LogP contribution in [-0.2, 0) is 11.3 Å². The lowest BCUT2D eigenvalue weighted by Gasteiger charge is -2.25. The van der Waals surface area contributed by atoms with Gasteiger partial charge in [0.25, 0.3) is 0 Å². The van der Waals surface area contributed by atoms with E-state index < -0.39 is 0 Å². The van der Waals surface area contributed by atoms with Crippen molar-refractivity contribution in [3.05, 3.63) is 48.3 Å². The first-order chi connectivity index (χ1) is 10.7. The Kier molecular flexibility index (Phi) is 5.80. The second-order valence-corrected chi connectivity index (χ2v) is 6.05. The molecule has 0 bridgehead atoms. The molecule has 124 valence electrons. The molecule has 1 aromatic carbocycles. The number of carbonyl (C=O) groups is 1. The van der Waals surface area contributed by atoms with Crippen LogP contribution < -0.4 is 11.1 Å². The van der Waals surface area contributed by atoms with Gasteiger partial charge >= 0.3 is 0 Å². The molecule has 1 aliphatic carbocycles. The van der Waals surface area contributed by atoms with E-state index in [1.807, 2.05) is 41.2 Å². The summed E-state index contributed by atoms with van der Waals surface area (Å²) in [6.07, 6.45) is 7.67. The van der Waals surface area contributed by atoms with Crippen molar-refractivity contribution in [1.29, 1.82) is 0 Å². The molecule has 0 aliphatic heterocycles. The van der Waals surface area contributed by atoms with Gasteiger partial charge in [-0.25, -0.2) is 0 Å². The van der Waals surface area contributed by atoms with Gasteiger partial charge in [-0.2, -0.15) is 5.10 Å². The van der Waals surface area contributed by atoms with E-state index >= 15 is 0 Å². The first-order valence-corrected chi connectivity index (χ1v) is 7.80. The SMILES string of the molecule is Cl.NCC1(C(=O)Nc2ccc(Cn3cccn3)cc2)CCCC1. The fourth-order valence-electron chi connectivity index (χ4n) is 3.11. The monoisotopic (exact) mass is 334 g/mol. The van der Waals surface area contributed by atoms with Crippen LogP contribution in [0.1, 0.15) is 31.2 Å². The molecule has 1 amide bonds. The highest BCUT2D eigenvalue weighted by molar-refractivity contribution is 5.95. The number of anilines is 1. The van der Waals surface area contributed by atoms with Crippen LogP contribution in [0.15, 0.2) is 42.7 Å². The number of benzene rings is 1. The second-order valence-electron chi connectivity index (χ2n) is 6.05. The normalized spacial score (nSPS) is 15.9. The quantitative estimate of drug-likeness (QED) is 0.883. The van der Waals surface area contributed by atoms with Crippen molar-refractivity contribution >= 4 is 24.0 Å². The van der Waals surface area contributed by atoms with Crippen LogP contribution in [0.5, 0.6) is 0 Å². The molecule has 0 spiro atoms. The predicted octanol–water partition coefficient (Wildman–Crippen LogP) is 2.81. The topological polar surface area (TPSA) is 72.9 Å². The molecule has 3 rings (SSSR count). The van der Waals surface area contributed by atoms with E-state index in [2.05, 4.69) is 10.4 Å². The summed E-state index contributed by atoms with van der Waals surface area (Å²) in [5.74, 6) is 0.0623. The van der Waals surface area contributed by atoms with Gasteiger partial charge in [-0.15, -0.1) is 12.4 Å². The molecular weight excluding hydrogens is 312 g/mol. The van der Waals surface area contributed by atoms with E-state index in [1.165, 1.54) is 0 Å². The Morgan fingerprint density at radius 2 is 1.96 bits per heavy atom. The van der Waals surface area contributed by atoms with Crippen molar-refractivity contribution < 1.29 is 4.79 Å². The van der Waals surface area contributed by atoms with Gasteiger partial charge in [0.2, 0.25) is 5.91 Å². The maximum Gasteiger partial charge on any atom is 0.231 e. The average Bonchev–Trinajstić information content (AvgIpc) is 3.21. The summed E-state index contributed by atoms with van der Waals surface area (Å²) in [5.41, 5.74) is 7.46. The third kappa shape index (κ3) is 3.92. The van der Waals surface area contributed by atoms with E-state index in [9.17, 15) is 4.79 Å².